The second-order valence-electron chi connectivity index (χ2n) is 5.69. The van der Waals surface area contributed by atoms with Crippen molar-refractivity contribution in [3.8, 4) is 0 Å². The highest BCUT2D eigenvalue weighted by Gasteiger charge is 2.30. The van der Waals surface area contributed by atoms with Crippen LogP contribution in [0.25, 0.3) is 0 Å². The number of aliphatic carboxylic acids is 2. The number of halogens is 3. The first-order valence-electron chi connectivity index (χ1n) is 8.81. The van der Waals surface area contributed by atoms with Crippen LogP contribution in [-0.2, 0) is 25.3 Å². The van der Waals surface area contributed by atoms with Crippen molar-refractivity contribution < 1.29 is 42.5 Å². The number of carbonyl (C=O) groups is 2. The van der Waals surface area contributed by atoms with Gasteiger partial charge in [-0.2, -0.15) is 13.2 Å². The fraction of sp³-hybridized carbons (Fsp3) is 0.421. The summed E-state index contributed by atoms with van der Waals surface area (Å²) in [7, 11) is 1.62. The minimum absolute atomic E-state index is 0.266. The molecule has 1 rings (SSSR count). The van der Waals surface area contributed by atoms with E-state index in [0.29, 0.717) is 43.0 Å². The summed E-state index contributed by atoms with van der Waals surface area (Å²) >= 11 is 0. The lowest BCUT2D eigenvalue weighted by atomic mass is 10.0. The van der Waals surface area contributed by atoms with E-state index in [2.05, 4.69) is 5.16 Å². The number of oxime groups is 1. The first-order chi connectivity index (χ1) is 14.1. The van der Waals surface area contributed by atoms with Crippen LogP contribution in [0.1, 0.15) is 30.4 Å². The van der Waals surface area contributed by atoms with Gasteiger partial charge in [0.2, 0.25) is 0 Å². The van der Waals surface area contributed by atoms with E-state index in [1.165, 1.54) is 12.1 Å². The zero-order valence-electron chi connectivity index (χ0n) is 16.4. The molecule has 1 aromatic carbocycles. The largest absolute Gasteiger partial charge is 0.478 e. The summed E-state index contributed by atoms with van der Waals surface area (Å²) in [5.74, 6) is -2.51. The standard InChI is InChI=1S/C15H21F3N2O2.C4H4O4/c1-21-10-3-2-4-14(20-22-11-9-19)12-5-7-13(8-6-12)15(16,17)18;5-3(6)1-2-4(7)8/h5-8H,2-4,9-11,19H2,1H3;1-2H,(H,5,6)(H,7,8)/b20-14-;2-1-. The van der Waals surface area contributed by atoms with Crippen molar-refractivity contribution >= 4 is 17.7 Å². The Bertz CT molecular complexity index is 687. The maximum atomic E-state index is 12.6. The number of hydrogen-bond donors (Lipinski definition) is 3. The molecule has 0 aliphatic carbocycles. The number of nitrogens with two attached hydrogens (primary N) is 1. The Morgan fingerprint density at radius 1 is 1.07 bits per heavy atom. The molecule has 0 fully saturated rings. The molecule has 4 N–H and O–H groups in total. The number of alkyl halides is 3. The Morgan fingerprint density at radius 3 is 2.07 bits per heavy atom. The third kappa shape index (κ3) is 13.3. The lowest BCUT2D eigenvalue weighted by molar-refractivity contribution is -0.137. The predicted octanol–water partition coefficient (Wildman–Crippen LogP) is 2.91. The van der Waals surface area contributed by atoms with Crippen LogP contribution in [-0.4, -0.2) is 54.7 Å². The van der Waals surface area contributed by atoms with Crippen molar-refractivity contribution in [2.75, 3.05) is 26.9 Å². The van der Waals surface area contributed by atoms with E-state index >= 15 is 0 Å². The molecule has 30 heavy (non-hydrogen) atoms. The van der Waals surface area contributed by atoms with Crippen molar-refractivity contribution in [3.63, 3.8) is 0 Å². The Labute approximate surface area is 171 Å². The van der Waals surface area contributed by atoms with Gasteiger partial charge in [0.05, 0.1) is 11.3 Å². The Morgan fingerprint density at radius 2 is 1.63 bits per heavy atom. The highest BCUT2D eigenvalue weighted by molar-refractivity contribution is 6.00. The van der Waals surface area contributed by atoms with Gasteiger partial charge in [-0.1, -0.05) is 17.3 Å². The predicted molar refractivity (Wildman–Crippen MR) is 103 cm³/mol. The molecule has 0 unspecified atom stereocenters. The monoisotopic (exact) mass is 434 g/mol. The summed E-state index contributed by atoms with van der Waals surface area (Å²) in [4.78, 5) is 24.2. The molecule has 0 saturated heterocycles. The number of benzene rings is 1. The average molecular weight is 434 g/mol. The lowest BCUT2D eigenvalue weighted by Crippen LogP contribution is -2.09. The van der Waals surface area contributed by atoms with E-state index in [0.717, 1.165) is 25.0 Å². The SMILES string of the molecule is COCCCC/C(=N/OCCN)c1ccc(C(F)(F)F)cc1.O=C(O)/C=C\C(=O)O. The molecule has 0 saturated carbocycles. The number of ether oxygens (including phenoxy) is 1. The maximum absolute atomic E-state index is 12.6. The summed E-state index contributed by atoms with van der Waals surface area (Å²) in [6.07, 6.45) is -0.985. The second-order valence-corrected chi connectivity index (χ2v) is 5.69. The number of hydrogen-bond acceptors (Lipinski definition) is 6. The summed E-state index contributed by atoms with van der Waals surface area (Å²) in [5.41, 5.74) is 5.87. The second kappa shape index (κ2) is 15.0. The molecular formula is C19H25F3N2O6. The van der Waals surface area contributed by atoms with Crippen LogP contribution in [0, 0.1) is 0 Å². The molecule has 11 heteroatoms. The molecule has 0 aliphatic heterocycles. The van der Waals surface area contributed by atoms with Crippen LogP contribution >= 0.6 is 0 Å². The zero-order valence-corrected chi connectivity index (χ0v) is 16.4. The van der Waals surface area contributed by atoms with Gasteiger partial charge in [-0.15, -0.1) is 0 Å². The topological polar surface area (TPSA) is 131 Å². The smallest absolute Gasteiger partial charge is 0.416 e. The number of methoxy groups -OCH3 is 1. The molecule has 0 aromatic heterocycles. The van der Waals surface area contributed by atoms with Gasteiger partial charge >= 0.3 is 18.1 Å². The molecule has 1 aromatic rings. The molecule has 0 amide bonds. The molecular weight excluding hydrogens is 409 g/mol. The molecule has 168 valence electrons. The number of carboxylic acids is 2. The molecule has 0 atom stereocenters. The van der Waals surface area contributed by atoms with Gasteiger partial charge < -0.3 is 25.5 Å². The molecule has 0 bridgehead atoms. The normalized spacial score (nSPS) is 11.7. The van der Waals surface area contributed by atoms with E-state index in [1.54, 1.807) is 7.11 Å². The first-order valence-corrected chi connectivity index (χ1v) is 8.81. The van der Waals surface area contributed by atoms with Crippen molar-refractivity contribution in [3.05, 3.63) is 47.5 Å². The van der Waals surface area contributed by atoms with Crippen molar-refractivity contribution in [2.24, 2.45) is 10.9 Å². The first kappa shape index (κ1) is 27.1. The van der Waals surface area contributed by atoms with Crippen molar-refractivity contribution in [1.29, 1.82) is 0 Å². The zero-order chi connectivity index (χ0) is 23.0. The quantitative estimate of drug-likeness (QED) is 0.211. The Kier molecular flexibility index (Phi) is 13.5. The van der Waals surface area contributed by atoms with Gasteiger partial charge in [0.1, 0.15) is 6.61 Å². The van der Waals surface area contributed by atoms with Crippen LogP contribution < -0.4 is 5.73 Å². The summed E-state index contributed by atoms with van der Waals surface area (Å²) in [6.45, 7) is 1.22. The summed E-state index contributed by atoms with van der Waals surface area (Å²) in [5, 5.41) is 19.6. The highest BCUT2D eigenvalue weighted by Crippen LogP contribution is 2.29. The van der Waals surface area contributed by atoms with Crippen LogP contribution in [0.5, 0.6) is 0 Å². The van der Waals surface area contributed by atoms with Gasteiger partial charge in [0.15, 0.2) is 0 Å². The number of rotatable bonds is 11. The van der Waals surface area contributed by atoms with E-state index in [4.69, 9.17) is 25.5 Å². The van der Waals surface area contributed by atoms with Crippen molar-refractivity contribution in [2.45, 2.75) is 25.4 Å². The van der Waals surface area contributed by atoms with E-state index in [-0.39, 0.29) is 6.61 Å². The fourth-order valence-electron chi connectivity index (χ4n) is 1.95. The van der Waals surface area contributed by atoms with Crippen LogP contribution in [0.15, 0.2) is 41.6 Å². The Balaban J connectivity index is 0.000000890. The van der Waals surface area contributed by atoms with Gasteiger partial charge in [-0.3, -0.25) is 0 Å². The van der Waals surface area contributed by atoms with Gasteiger partial charge in [-0.25, -0.2) is 9.59 Å². The van der Waals surface area contributed by atoms with E-state index < -0.39 is 23.7 Å². The van der Waals surface area contributed by atoms with Crippen LogP contribution in [0.4, 0.5) is 13.2 Å². The number of unbranched alkanes of at least 4 members (excludes halogenated alkanes) is 1. The number of nitrogens with zero attached hydrogens (tertiary/aromatic N) is 1. The van der Waals surface area contributed by atoms with Gasteiger partial charge in [0.25, 0.3) is 0 Å². The van der Waals surface area contributed by atoms with Crippen LogP contribution in [0.3, 0.4) is 0 Å². The van der Waals surface area contributed by atoms with E-state index in [1.807, 2.05) is 0 Å². The van der Waals surface area contributed by atoms with Gasteiger partial charge in [-0.05, 0) is 37.0 Å². The minimum atomic E-state index is -4.34. The molecule has 0 spiro atoms. The molecule has 0 radical (unpaired) electrons. The van der Waals surface area contributed by atoms with Crippen LogP contribution in [0.2, 0.25) is 0 Å². The average Bonchev–Trinajstić information content (AvgIpc) is 2.68. The molecule has 0 heterocycles. The Hall–Kier alpha value is -2.92. The lowest BCUT2D eigenvalue weighted by Gasteiger charge is -2.10. The molecule has 0 aliphatic rings. The van der Waals surface area contributed by atoms with E-state index in [9.17, 15) is 22.8 Å². The minimum Gasteiger partial charge on any atom is -0.478 e. The van der Waals surface area contributed by atoms with Gasteiger partial charge in [0, 0.05) is 32.4 Å². The fourth-order valence-corrected chi connectivity index (χ4v) is 1.95. The van der Waals surface area contributed by atoms with Crippen molar-refractivity contribution in [1.82, 2.24) is 0 Å². The summed E-state index contributed by atoms with van der Waals surface area (Å²) in [6, 6.07) is 4.90. The maximum Gasteiger partial charge on any atom is 0.416 e. The number of carboxylic acid groups (broad SMARTS) is 2. The highest BCUT2D eigenvalue weighted by atomic mass is 19.4. The third-order valence-electron chi connectivity index (χ3n) is 3.31. The third-order valence-corrected chi connectivity index (χ3v) is 3.31. The molecule has 8 nitrogen and oxygen atoms in total. The summed E-state index contributed by atoms with van der Waals surface area (Å²) < 4.78 is 42.7.